The van der Waals surface area contributed by atoms with Gasteiger partial charge in [-0.25, -0.2) is 0 Å². The summed E-state index contributed by atoms with van der Waals surface area (Å²) < 4.78 is 13.3. The van der Waals surface area contributed by atoms with Crippen molar-refractivity contribution >= 4 is 38.5 Å². The van der Waals surface area contributed by atoms with Crippen LogP contribution in [-0.2, 0) is 6.54 Å². The predicted molar refractivity (Wildman–Crippen MR) is 106 cm³/mol. The number of thioether (sulfide) groups is 1. The summed E-state index contributed by atoms with van der Waals surface area (Å²) in [4.78, 5) is 13.9. The fourth-order valence-electron chi connectivity index (χ4n) is 2.74. The number of hydrogen-bond acceptors (Lipinski definition) is 4. The average Bonchev–Trinajstić information content (AvgIpc) is 2.63. The maximum absolute atomic E-state index is 12.8. The fourth-order valence-corrected chi connectivity index (χ4v) is 3.81. The smallest absolute Gasteiger partial charge is 0.258 e. The van der Waals surface area contributed by atoms with Gasteiger partial charge in [-0.05, 0) is 63.5 Å². The number of halogens is 1. The molecule has 0 unspecified atom stereocenters. The second-order valence-corrected chi connectivity index (χ2v) is 7.21. The van der Waals surface area contributed by atoms with Crippen molar-refractivity contribution in [3.05, 3.63) is 63.0 Å². The molecule has 0 N–H and O–H groups in total. The highest BCUT2D eigenvalue weighted by atomic mass is 79.9. The highest BCUT2D eigenvalue weighted by Crippen LogP contribution is 2.30. The highest BCUT2D eigenvalue weighted by molar-refractivity contribution is 9.10. The third-order valence-electron chi connectivity index (χ3n) is 4.05. The summed E-state index contributed by atoms with van der Waals surface area (Å²) in [6.45, 7) is 0.484. The molecule has 3 aromatic rings. The molecule has 2 aromatic carbocycles. The first-order valence-corrected chi connectivity index (χ1v) is 9.66. The molecule has 0 spiro atoms. The van der Waals surface area contributed by atoms with Crippen molar-refractivity contribution in [1.29, 1.82) is 0 Å². The molecule has 3 rings (SSSR count). The summed E-state index contributed by atoms with van der Waals surface area (Å²) in [5.74, 6) is 1.47. The Hall–Kier alpha value is -1.92. The van der Waals surface area contributed by atoms with Gasteiger partial charge in [0.1, 0.15) is 11.5 Å². The van der Waals surface area contributed by atoms with Crippen LogP contribution in [0.15, 0.2) is 56.8 Å². The lowest BCUT2D eigenvalue weighted by molar-refractivity contribution is 0.404. The summed E-state index contributed by atoms with van der Waals surface area (Å²) in [7, 11) is 3.25. The Labute approximate surface area is 158 Å². The van der Waals surface area contributed by atoms with Gasteiger partial charge in [-0.15, -0.1) is 11.8 Å². The molecule has 0 aliphatic heterocycles. The second-order valence-electron chi connectivity index (χ2n) is 5.51. The minimum absolute atomic E-state index is 0.0452. The van der Waals surface area contributed by atoms with E-state index < -0.39 is 0 Å². The highest BCUT2D eigenvalue weighted by Gasteiger charge is 2.09. The lowest BCUT2D eigenvalue weighted by Crippen LogP contribution is -2.20. The molecule has 130 valence electrons. The van der Waals surface area contributed by atoms with Crippen LogP contribution in [0, 0.1) is 0 Å². The van der Waals surface area contributed by atoms with Gasteiger partial charge in [0, 0.05) is 11.1 Å². The first-order chi connectivity index (χ1) is 12.1. The van der Waals surface area contributed by atoms with Gasteiger partial charge < -0.3 is 14.0 Å². The van der Waals surface area contributed by atoms with Crippen molar-refractivity contribution in [2.24, 2.45) is 0 Å². The normalized spacial score (nSPS) is 10.9. The van der Waals surface area contributed by atoms with Gasteiger partial charge in [-0.2, -0.15) is 0 Å². The van der Waals surface area contributed by atoms with Crippen LogP contribution in [0.2, 0.25) is 0 Å². The fraction of sp³-hybridized carbons (Fsp3) is 0.211. The SMILES string of the molecule is COc1cc2c(=O)n(Cc3ccc(SC)c(OC)c3)ccc2cc1Br. The summed E-state index contributed by atoms with van der Waals surface area (Å²) >= 11 is 5.09. The monoisotopic (exact) mass is 419 g/mol. The zero-order valence-corrected chi connectivity index (χ0v) is 16.6. The Morgan fingerprint density at radius 1 is 1.08 bits per heavy atom. The summed E-state index contributed by atoms with van der Waals surface area (Å²) in [5, 5.41) is 1.51. The molecule has 0 bridgehead atoms. The lowest BCUT2D eigenvalue weighted by atomic mass is 10.1. The van der Waals surface area contributed by atoms with Gasteiger partial charge in [0.2, 0.25) is 0 Å². The average molecular weight is 420 g/mol. The first kappa shape index (κ1) is 17.9. The van der Waals surface area contributed by atoms with E-state index in [1.807, 2.05) is 42.8 Å². The van der Waals surface area contributed by atoms with Crippen molar-refractivity contribution in [3.8, 4) is 11.5 Å². The molecule has 0 atom stereocenters. The van der Waals surface area contributed by atoms with Gasteiger partial charge in [-0.1, -0.05) is 6.07 Å². The van der Waals surface area contributed by atoms with Crippen LogP contribution in [0.5, 0.6) is 11.5 Å². The van der Waals surface area contributed by atoms with E-state index in [1.165, 1.54) is 0 Å². The number of rotatable bonds is 5. The maximum atomic E-state index is 12.8. The van der Waals surface area contributed by atoms with Gasteiger partial charge in [0.25, 0.3) is 5.56 Å². The van der Waals surface area contributed by atoms with E-state index in [4.69, 9.17) is 9.47 Å². The standard InChI is InChI=1S/C19H18BrNO3S/c1-23-16-10-14-13(9-15(16)20)6-7-21(19(14)22)11-12-4-5-18(25-3)17(8-12)24-2/h4-10H,11H2,1-3H3. The molecule has 0 saturated carbocycles. The zero-order chi connectivity index (χ0) is 18.0. The molecule has 0 amide bonds. The molecule has 1 aromatic heterocycles. The Morgan fingerprint density at radius 3 is 2.52 bits per heavy atom. The van der Waals surface area contributed by atoms with E-state index in [1.54, 1.807) is 36.6 Å². The summed E-state index contributed by atoms with van der Waals surface area (Å²) in [5.41, 5.74) is 0.969. The number of pyridine rings is 1. The number of methoxy groups -OCH3 is 2. The van der Waals surface area contributed by atoms with Crippen molar-refractivity contribution in [2.45, 2.75) is 11.4 Å². The van der Waals surface area contributed by atoms with Gasteiger partial charge >= 0.3 is 0 Å². The molecule has 0 radical (unpaired) electrons. The molecular formula is C19H18BrNO3S. The molecule has 0 aliphatic rings. The Kier molecular flexibility index (Phi) is 5.39. The number of fused-ring (bicyclic) bond motifs is 1. The minimum Gasteiger partial charge on any atom is -0.496 e. The van der Waals surface area contributed by atoms with Crippen LogP contribution < -0.4 is 15.0 Å². The molecule has 0 saturated heterocycles. The number of ether oxygens (including phenoxy) is 2. The number of aromatic nitrogens is 1. The first-order valence-electron chi connectivity index (χ1n) is 7.65. The predicted octanol–water partition coefficient (Wildman–Crippen LogP) is 4.55. The Bertz CT molecular complexity index is 984. The lowest BCUT2D eigenvalue weighted by Gasteiger charge is -2.12. The van der Waals surface area contributed by atoms with E-state index in [9.17, 15) is 4.79 Å². The van der Waals surface area contributed by atoms with Crippen molar-refractivity contribution in [3.63, 3.8) is 0 Å². The summed E-state index contributed by atoms with van der Waals surface area (Å²) in [6, 6.07) is 11.6. The topological polar surface area (TPSA) is 40.5 Å². The van der Waals surface area contributed by atoms with Gasteiger partial charge in [-0.3, -0.25) is 4.79 Å². The van der Waals surface area contributed by atoms with Crippen LogP contribution in [0.3, 0.4) is 0 Å². The minimum atomic E-state index is -0.0452. The molecule has 25 heavy (non-hydrogen) atoms. The Balaban J connectivity index is 2.03. The quantitative estimate of drug-likeness (QED) is 0.568. The van der Waals surface area contributed by atoms with Crippen LogP contribution in [0.4, 0.5) is 0 Å². The molecule has 1 heterocycles. The third-order valence-corrected chi connectivity index (χ3v) is 5.45. The largest absolute Gasteiger partial charge is 0.496 e. The van der Waals surface area contributed by atoms with Crippen LogP contribution in [0.25, 0.3) is 10.8 Å². The third kappa shape index (κ3) is 3.55. The molecular weight excluding hydrogens is 402 g/mol. The van der Waals surface area contributed by atoms with E-state index in [-0.39, 0.29) is 5.56 Å². The Morgan fingerprint density at radius 2 is 1.84 bits per heavy atom. The molecule has 0 aliphatic carbocycles. The zero-order valence-electron chi connectivity index (χ0n) is 14.2. The molecule has 4 nitrogen and oxygen atoms in total. The van der Waals surface area contributed by atoms with Crippen LogP contribution in [0.1, 0.15) is 5.56 Å². The van der Waals surface area contributed by atoms with Crippen LogP contribution in [-0.4, -0.2) is 25.0 Å². The van der Waals surface area contributed by atoms with E-state index in [0.29, 0.717) is 17.7 Å². The molecule has 0 fully saturated rings. The second kappa shape index (κ2) is 7.54. The van der Waals surface area contributed by atoms with Crippen molar-refractivity contribution in [2.75, 3.05) is 20.5 Å². The number of hydrogen-bond donors (Lipinski definition) is 0. The van der Waals surface area contributed by atoms with Crippen LogP contribution >= 0.6 is 27.7 Å². The van der Waals surface area contributed by atoms with E-state index in [2.05, 4.69) is 15.9 Å². The van der Waals surface area contributed by atoms with E-state index >= 15 is 0 Å². The summed E-state index contributed by atoms with van der Waals surface area (Å²) in [6.07, 6.45) is 3.83. The van der Waals surface area contributed by atoms with Crippen molar-refractivity contribution in [1.82, 2.24) is 4.57 Å². The number of nitrogens with zero attached hydrogens (tertiary/aromatic N) is 1. The number of benzene rings is 2. The van der Waals surface area contributed by atoms with Crippen molar-refractivity contribution < 1.29 is 9.47 Å². The molecule has 6 heteroatoms. The van der Waals surface area contributed by atoms with Gasteiger partial charge in [0.05, 0.1) is 30.6 Å². The van der Waals surface area contributed by atoms with E-state index in [0.717, 1.165) is 26.1 Å². The maximum Gasteiger partial charge on any atom is 0.258 e. The van der Waals surface area contributed by atoms with Gasteiger partial charge in [0.15, 0.2) is 0 Å².